The molecule has 3 rings (SSSR count). The lowest BCUT2D eigenvalue weighted by Crippen LogP contribution is -2.60. The Bertz CT molecular complexity index is 1480. The van der Waals surface area contributed by atoms with Crippen LogP contribution in [0.15, 0.2) is 15.8 Å². The van der Waals surface area contributed by atoms with E-state index in [1.165, 1.54) is 6.20 Å². The van der Waals surface area contributed by atoms with E-state index in [4.69, 9.17) is 37.3 Å². The molecule has 2 saturated heterocycles. The van der Waals surface area contributed by atoms with Gasteiger partial charge < -0.3 is 47.5 Å². The third-order valence-corrected chi connectivity index (χ3v) is 7.80. The zero-order valence-electron chi connectivity index (χ0n) is 26.9. The van der Waals surface area contributed by atoms with Crippen LogP contribution in [-0.2, 0) is 56.5 Å². The molecule has 2 radical (unpaired) electrons. The summed E-state index contributed by atoms with van der Waals surface area (Å²) in [5.41, 5.74) is -1.46. The van der Waals surface area contributed by atoms with Crippen LogP contribution in [0.3, 0.4) is 0 Å². The molecule has 2 aliphatic heterocycles. The number of ether oxygens (including phenoxy) is 6. The number of hydrogen-bond donors (Lipinski definition) is 3. The van der Waals surface area contributed by atoms with Crippen molar-refractivity contribution in [2.24, 2.45) is 5.92 Å². The average molecular weight is 699 g/mol. The molecule has 3 N–H and O–H groups in total. The molecule has 1 aromatic rings. The first-order chi connectivity index (χ1) is 22.7. The van der Waals surface area contributed by atoms with Crippen LogP contribution in [0.1, 0.15) is 65.7 Å². The number of aromatic amines is 1. The number of nitrogens with zero attached hydrogens (tertiary/aromatic N) is 1. The minimum atomic E-state index is -1.54. The first-order valence-corrected chi connectivity index (χ1v) is 15.7. The van der Waals surface area contributed by atoms with E-state index in [0.29, 0.717) is 6.42 Å². The van der Waals surface area contributed by atoms with E-state index in [0.717, 1.165) is 32.3 Å². The molecule has 264 valence electrons. The molecule has 2 aliphatic rings. The summed E-state index contributed by atoms with van der Waals surface area (Å²) in [6.45, 7) is 5.39. The Kier molecular flexibility index (Phi) is 14.5. The summed E-state index contributed by atoms with van der Waals surface area (Å²) < 4.78 is 44.8. The summed E-state index contributed by atoms with van der Waals surface area (Å²) in [5.74, 6) is 1.53. The fourth-order valence-electron chi connectivity index (χ4n) is 4.77. The highest BCUT2D eigenvalue weighted by Gasteiger charge is 2.52. The molecule has 0 amide bonds. The van der Waals surface area contributed by atoms with Gasteiger partial charge in [-0.1, -0.05) is 11.8 Å². The van der Waals surface area contributed by atoms with Gasteiger partial charge in [0.05, 0.1) is 18.6 Å². The van der Waals surface area contributed by atoms with Crippen molar-refractivity contribution in [3.63, 3.8) is 0 Å². The second kappa shape index (κ2) is 18.0. The van der Waals surface area contributed by atoms with Gasteiger partial charge in [0.1, 0.15) is 24.5 Å². The molecule has 0 aromatic carbocycles. The molecule has 3 heterocycles. The maximum absolute atomic E-state index is 12.3. The van der Waals surface area contributed by atoms with Gasteiger partial charge in [-0.05, 0) is 13.3 Å². The van der Waals surface area contributed by atoms with Gasteiger partial charge >= 0.3 is 39.6 Å². The molecular weight excluding hydrogens is 660 g/mol. The summed E-state index contributed by atoms with van der Waals surface area (Å²) in [4.78, 5) is 74.0. The van der Waals surface area contributed by atoms with Crippen LogP contribution in [0.25, 0.3) is 0 Å². The quantitative estimate of drug-likeness (QED) is 0.0925. The highest BCUT2D eigenvalue weighted by Crippen LogP contribution is 2.33. The Morgan fingerprint density at radius 1 is 1.02 bits per heavy atom. The summed E-state index contributed by atoms with van der Waals surface area (Å²) in [6, 6.07) is 0. The normalized spacial score (nSPS) is 27.2. The van der Waals surface area contributed by atoms with Crippen LogP contribution in [0.4, 0.5) is 0 Å². The fraction of sp³-hybridized carbons (Fsp3) is 0.655. The largest absolute Gasteiger partial charge is 0.465 e. The highest BCUT2D eigenvalue weighted by atomic mass is 28.3. The number of rotatable bonds is 13. The third kappa shape index (κ3) is 11.1. The standard InChI is InChI=1S/C29H38N2O16Si/c1-14(8-6-7-9-19-11-31(29(39)30-26(19)38)23-10-21(37)22(12-32)44-23)46-48-47-27-20(13-40-15(2)33)24(41-16(3)34)25(42-17(4)35)28(45-27)43-18(5)36/h11,14,20-25,27-28,32,37H,6,8,10,12-13H2,1-5H3,(H,30,38,39)/t14?,20-,21+,22-,23-,24+,25+,27-,28+/m1/s1. The lowest BCUT2D eigenvalue weighted by Gasteiger charge is -2.43. The summed E-state index contributed by atoms with van der Waals surface area (Å²) >= 11 is 0. The molecule has 0 saturated carbocycles. The molecule has 0 bridgehead atoms. The Hall–Kier alpha value is -3.90. The van der Waals surface area contributed by atoms with Crippen molar-refractivity contribution in [3.05, 3.63) is 32.6 Å². The second-order valence-corrected chi connectivity index (χ2v) is 11.5. The van der Waals surface area contributed by atoms with Crippen LogP contribution in [0.2, 0.25) is 0 Å². The number of aliphatic hydroxyl groups is 2. The van der Waals surface area contributed by atoms with Crippen LogP contribution >= 0.6 is 0 Å². The van der Waals surface area contributed by atoms with Crippen molar-refractivity contribution in [1.82, 2.24) is 9.55 Å². The first kappa shape index (κ1) is 38.5. The Morgan fingerprint density at radius 2 is 1.69 bits per heavy atom. The monoisotopic (exact) mass is 698 g/mol. The fourth-order valence-corrected chi connectivity index (χ4v) is 5.44. The van der Waals surface area contributed by atoms with E-state index < -0.39 is 107 Å². The molecule has 48 heavy (non-hydrogen) atoms. The van der Waals surface area contributed by atoms with Gasteiger partial charge in [0.2, 0.25) is 12.4 Å². The van der Waals surface area contributed by atoms with Gasteiger partial charge in [-0.3, -0.25) is 33.5 Å². The van der Waals surface area contributed by atoms with E-state index in [1.807, 2.05) is 0 Å². The van der Waals surface area contributed by atoms with E-state index >= 15 is 0 Å². The summed E-state index contributed by atoms with van der Waals surface area (Å²) in [7, 11) is -0.682. The summed E-state index contributed by atoms with van der Waals surface area (Å²) in [6.07, 6.45) is -6.81. The molecular formula is C29H38N2O16Si. The second-order valence-electron chi connectivity index (χ2n) is 10.9. The third-order valence-electron chi connectivity index (χ3n) is 6.97. The molecule has 9 atom stereocenters. The Morgan fingerprint density at radius 3 is 2.29 bits per heavy atom. The topological polar surface area (TPSA) is 237 Å². The zero-order valence-corrected chi connectivity index (χ0v) is 27.9. The smallest absolute Gasteiger partial charge is 0.435 e. The van der Waals surface area contributed by atoms with Crippen LogP contribution in [0, 0.1) is 17.8 Å². The number of aromatic nitrogens is 2. The predicted octanol–water partition coefficient (Wildman–Crippen LogP) is -1.45. The summed E-state index contributed by atoms with van der Waals surface area (Å²) in [5, 5.41) is 19.3. The van der Waals surface area contributed by atoms with Crippen molar-refractivity contribution in [2.45, 2.75) is 103 Å². The molecule has 0 aliphatic carbocycles. The van der Waals surface area contributed by atoms with Crippen molar-refractivity contribution < 1.29 is 66.7 Å². The van der Waals surface area contributed by atoms with Crippen molar-refractivity contribution >= 4 is 33.9 Å². The molecule has 1 unspecified atom stereocenters. The van der Waals surface area contributed by atoms with Crippen LogP contribution in [-0.4, -0.2) is 110 Å². The van der Waals surface area contributed by atoms with Gasteiger partial charge in [0.25, 0.3) is 5.56 Å². The van der Waals surface area contributed by atoms with Crippen LogP contribution in [0.5, 0.6) is 0 Å². The number of nitrogens with one attached hydrogen (secondary N) is 1. The minimum Gasteiger partial charge on any atom is -0.465 e. The van der Waals surface area contributed by atoms with Gasteiger partial charge in [-0.2, -0.15) is 0 Å². The number of esters is 4. The number of aliphatic hydroxyl groups excluding tert-OH is 2. The number of carbonyl (C=O) groups excluding carboxylic acids is 4. The average Bonchev–Trinajstić information content (AvgIpc) is 3.36. The van der Waals surface area contributed by atoms with E-state index in [2.05, 4.69) is 16.8 Å². The van der Waals surface area contributed by atoms with E-state index in [-0.39, 0.29) is 25.0 Å². The maximum atomic E-state index is 12.3. The Balaban J connectivity index is 1.64. The number of H-pyrrole nitrogens is 1. The molecule has 18 nitrogen and oxygen atoms in total. The van der Waals surface area contributed by atoms with E-state index in [9.17, 15) is 39.0 Å². The highest BCUT2D eigenvalue weighted by molar-refractivity contribution is 6.18. The predicted molar refractivity (Wildman–Crippen MR) is 158 cm³/mol. The first-order valence-electron chi connectivity index (χ1n) is 14.9. The van der Waals surface area contributed by atoms with Crippen molar-refractivity contribution in [3.8, 4) is 11.8 Å². The van der Waals surface area contributed by atoms with E-state index in [1.54, 1.807) is 6.92 Å². The van der Waals surface area contributed by atoms with Gasteiger partial charge in [-0.15, -0.1) is 0 Å². The number of hydrogen-bond acceptors (Lipinski definition) is 16. The van der Waals surface area contributed by atoms with Crippen molar-refractivity contribution in [1.29, 1.82) is 0 Å². The van der Waals surface area contributed by atoms with Gasteiger partial charge in [0.15, 0.2) is 12.4 Å². The molecule has 1 aromatic heterocycles. The molecule has 19 heteroatoms. The van der Waals surface area contributed by atoms with Crippen LogP contribution < -0.4 is 11.2 Å². The Labute approximate surface area is 276 Å². The minimum absolute atomic E-state index is 0.0103. The van der Waals surface area contributed by atoms with Crippen molar-refractivity contribution in [2.75, 3.05) is 13.2 Å². The number of carbonyl (C=O) groups is 4. The molecule has 0 spiro atoms. The lowest BCUT2D eigenvalue weighted by molar-refractivity contribution is -0.321. The SMILES string of the molecule is CC(=O)OC[C@H]1[C@@H](O[Si]OC(C)CCC#Cc2cn([C@H]3C[C@H](O)[C@@H](CO)O3)c(=O)[nH]c2=O)O[C@H](OC(C)=O)[C@@H](OC(C)=O)[C@H]1OC(C)=O. The maximum Gasteiger partial charge on any atom is 0.435 e. The zero-order chi connectivity index (χ0) is 35.5. The lowest BCUT2D eigenvalue weighted by atomic mass is 9.94. The van der Waals surface area contributed by atoms with Gasteiger partial charge in [-0.25, -0.2) is 4.79 Å². The van der Waals surface area contributed by atoms with Gasteiger partial charge in [0, 0.05) is 52.8 Å². The molecule has 2 fully saturated rings.